The van der Waals surface area contributed by atoms with Crippen LogP contribution in [0.5, 0.6) is 0 Å². The highest BCUT2D eigenvalue weighted by Crippen LogP contribution is 2.43. The summed E-state index contributed by atoms with van der Waals surface area (Å²) in [5, 5.41) is 11.6. The van der Waals surface area contributed by atoms with Gasteiger partial charge in [-0.3, -0.25) is 0 Å². The summed E-state index contributed by atoms with van der Waals surface area (Å²) < 4.78 is 16.8. The predicted molar refractivity (Wildman–Crippen MR) is 104 cm³/mol. The van der Waals surface area contributed by atoms with Crippen LogP contribution in [0.15, 0.2) is 69.7 Å². The first-order valence-corrected chi connectivity index (χ1v) is 8.92. The van der Waals surface area contributed by atoms with E-state index in [4.69, 9.17) is 19.6 Å². The summed E-state index contributed by atoms with van der Waals surface area (Å²) in [5.74, 6) is -0.986. The van der Waals surface area contributed by atoms with Crippen LogP contribution < -0.4 is 5.73 Å². The largest absolute Gasteiger partial charge is 0.463 e. The van der Waals surface area contributed by atoms with Gasteiger partial charge in [-0.1, -0.05) is 36.4 Å². The summed E-state index contributed by atoms with van der Waals surface area (Å²) in [4.78, 5) is 12.7. The van der Waals surface area contributed by atoms with Gasteiger partial charge in [0.05, 0.1) is 18.1 Å². The molecule has 0 amide bonds. The number of allylic oxidation sites excluding steroid dienone is 2. The molecule has 1 aromatic heterocycles. The van der Waals surface area contributed by atoms with Crippen molar-refractivity contribution in [3.63, 3.8) is 0 Å². The monoisotopic (exact) mass is 374 g/mol. The lowest BCUT2D eigenvalue weighted by atomic mass is 9.82. The van der Waals surface area contributed by atoms with Gasteiger partial charge in [0.1, 0.15) is 28.6 Å². The van der Waals surface area contributed by atoms with E-state index in [0.29, 0.717) is 16.9 Å². The number of furan rings is 1. The maximum absolute atomic E-state index is 12.7. The van der Waals surface area contributed by atoms with Crippen LogP contribution in [-0.2, 0) is 14.3 Å². The molecule has 1 atom stereocenters. The average molecular weight is 374 g/mol. The first-order chi connectivity index (χ1) is 13.6. The number of carbonyl (C=O) groups excluding carboxylic acids is 1. The highest BCUT2D eigenvalue weighted by Gasteiger charge is 2.37. The molecule has 3 aromatic rings. The minimum Gasteiger partial charge on any atom is -0.463 e. The number of hydrogen-bond donors (Lipinski definition) is 1. The second-order valence-electron chi connectivity index (χ2n) is 6.44. The van der Waals surface area contributed by atoms with Crippen LogP contribution in [-0.4, -0.2) is 12.6 Å². The number of nitrogens with two attached hydrogens (primary N) is 1. The number of nitriles is 1. The molecule has 0 saturated heterocycles. The number of esters is 1. The van der Waals surface area contributed by atoms with Gasteiger partial charge < -0.3 is 19.6 Å². The summed E-state index contributed by atoms with van der Waals surface area (Å²) >= 11 is 0. The standard InChI is InChI=1S/C22H18N2O4/c1-3-26-22(25)18-12(2)27-21(24)16(11-23)19(18)15-9-6-8-14-13-7-4-5-10-17(13)28-20(14)15/h4-10,19H,3,24H2,1-2H3. The van der Waals surface area contributed by atoms with Crippen LogP contribution in [0, 0.1) is 11.3 Å². The summed E-state index contributed by atoms with van der Waals surface area (Å²) in [6, 6.07) is 15.4. The zero-order chi connectivity index (χ0) is 19.8. The quantitative estimate of drug-likeness (QED) is 0.689. The topological polar surface area (TPSA) is 98.5 Å². The van der Waals surface area contributed by atoms with Crippen LogP contribution in [0.3, 0.4) is 0 Å². The summed E-state index contributed by atoms with van der Waals surface area (Å²) in [5.41, 5.74) is 8.38. The van der Waals surface area contributed by atoms with Gasteiger partial charge in [-0.25, -0.2) is 4.79 Å². The summed E-state index contributed by atoms with van der Waals surface area (Å²) in [7, 11) is 0. The molecule has 0 saturated carbocycles. The number of carbonyl (C=O) groups is 1. The van der Waals surface area contributed by atoms with Crippen LogP contribution in [0.1, 0.15) is 25.3 Å². The molecule has 2 N–H and O–H groups in total. The van der Waals surface area contributed by atoms with Gasteiger partial charge in [0.2, 0.25) is 5.88 Å². The van der Waals surface area contributed by atoms with Crippen molar-refractivity contribution in [3.8, 4) is 6.07 Å². The maximum Gasteiger partial charge on any atom is 0.338 e. The van der Waals surface area contributed by atoms with Gasteiger partial charge >= 0.3 is 5.97 Å². The molecule has 1 unspecified atom stereocenters. The van der Waals surface area contributed by atoms with Gasteiger partial charge in [-0.05, 0) is 19.9 Å². The van der Waals surface area contributed by atoms with Crippen molar-refractivity contribution in [1.29, 1.82) is 5.26 Å². The Kier molecular flexibility index (Phi) is 4.28. The smallest absolute Gasteiger partial charge is 0.338 e. The van der Waals surface area contributed by atoms with Crippen LogP contribution >= 0.6 is 0 Å². The Labute approximate surface area is 161 Å². The third-order valence-electron chi connectivity index (χ3n) is 4.85. The second kappa shape index (κ2) is 6.78. The summed E-state index contributed by atoms with van der Waals surface area (Å²) in [6.07, 6.45) is 0. The molecule has 2 aromatic carbocycles. The number of rotatable bonds is 3. The van der Waals surface area contributed by atoms with E-state index in [-0.39, 0.29) is 23.6 Å². The molecule has 0 bridgehead atoms. The van der Waals surface area contributed by atoms with Crippen molar-refractivity contribution in [2.45, 2.75) is 19.8 Å². The number of nitrogens with zero attached hydrogens (tertiary/aromatic N) is 1. The van der Waals surface area contributed by atoms with Gasteiger partial charge in [-0.15, -0.1) is 0 Å². The molecule has 28 heavy (non-hydrogen) atoms. The first kappa shape index (κ1) is 17.7. The SMILES string of the molecule is CCOC(=O)C1=C(C)OC(N)=C(C#N)C1c1cccc2c1oc1ccccc12. The van der Waals surface area contributed by atoms with Gasteiger partial charge in [0.15, 0.2) is 0 Å². The molecule has 0 radical (unpaired) electrons. The van der Waals surface area contributed by atoms with Crippen molar-refractivity contribution in [2.75, 3.05) is 6.61 Å². The molecule has 1 aliphatic rings. The third-order valence-corrected chi connectivity index (χ3v) is 4.85. The number of para-hydroxylation sites is 2. The van der Waals surface area contributed by atoms with Crippen LogP contribution in [0.4, 0.5) is 0 Å². The van der Waals surface area contributed by atoms with E-state index in [2.05, 4.69) is 6.07 Å². The van der Waals surface area contributed by atoms with Crippen molar-refractivity contribution in [3.05, 3.63) is 70.8 Å². The van der Waals surface area contributed by atoms with Crippen molar-refractivity contribution >= 4 is 27.9 Å². The Hall–Kier alpha value is -3.72. The lowest BCUT2D eigenvalue weighted by Crippen LogP contribution is -2.25. The maximum atomic E-state index is 12.7. The van der Waals surface area contributed by atoms with Crippen LogP contribution in [0.25, 0.3) is 21.9 Å². The Morgan fingerprint density at radius 3 is 2.71 bits per heavy atom. The highest BCUT2D eigenvalue weighted by atomic mass is 16.5. The zero-order valence-electron chi connectivity index (χ0n) is 15.5. The molecule has 0 spiro atoms. The van der Waals surface area contributed by atoms with Gasteiger partial charge in [0.25, 0.3) is 0 Å². The van der Waals surface area contributed by atoms with Crippen molar-refractivity contribution in [2.24, 2.45) is 5.73 Å². The minimum atomic E-state index is -0.734. The van der Waals surface area contributed by atoms with E-state index >= 15 is 0 Å². The van der Waals surface area contributed by atoms with Gasteiger partial charge in [0, 0.05) is 16.3 Å². The fourth-order valence-corrected chi connectivity index (χ4v) is 3.66. The second-order valence-corrected chi connectivity index (χ2v) is 6.44. The molecule has 4 rings (SSSR count). The number of fused-ring (bicyclic) bond motifs is 3. The molecule has 140 valence electrons. The summed E-state index contributed by atoms with van der Waals surface area (Å²) in [6.45, 7) is 3.57. The molecule has 6 heteroatoms. The molecule has 2 heterocycles. The lowest BCUT2D eigenvalue weighted by Gasteiger charge is -2.26. The van der Waals surface area contributed by atoms with E-state index in [1.807, 2.05) is 42.5 Å². The van der Waals surface area contributed by atoms with Crippen molar-refractivity contribution < 1.29 is 18.7 Å². The zero-order valence-corrected chi connectivity index (χ0v) is 15.5. The van der Waals surface area contributed by atoms with Crippen LogP contribution in [0.2, 0.25) is 0 Å². The van der Waals surface area contributed by atoms with Crippen molar-refractivity contribution in [1.82, 2.24) is 0 Å². The fraction of sp³-hybridized carbons (Fsp3) is 0.182. The Balaban J connectivity index is 2.02. The first-order valence-electron chi connectivity index (χ1n) is 8.92. The van der Waals surface area contributed by atoms with E-state index in [9.17, 15) is 10.1 Å². The van der Waals surface area contributed by atoms with E-state index in [1.54, 1.807) is 13.8 Å². The molecule has 1 aliphatic heterocycles. The molecule has 0 aliphatic carbocycles. The molecule has 6 nitrogen and oxygen atoms in total. The fourth-order valence-electron chi connectivity index (χ4n) is 3.66. The van der Waals surface area contributed by atoms with E-state index < -0.39 is 11.9 Å². The number of hydrogen-bond acceptors (Lipinski definition) is 6. The molecular weight excluding hydrogens is 356 g/mol. The lowest BCUT2D eigenvalue weighted by molar-refractivity contribution is -0.139. The number of benzene rings is 2. The third kappa shape index (κ3) is 2.60. The minimum absolute atomic E-state index is 0.0221. The van der Waals surface area contributed by atoms with E-state index in [1.165, 1.54) is 0 Å². The molecule has 0 fully saturated rings. The Bertz CT molecular complexity index is 1210. The van der Waals surface area contributed by atoms with Gasteiger partial charge in [-0.2, -0.15) is 5.26 Å². The average Bonchev–Trinajstić information content (AvgIpc) is 3.06. The van der Waals surface area contributed by atoms with E-state index in [0.717, 1.165) is 16.4 Å². The Morgan fingerprint density at radius 1 is 1.21 bits per heavy atom. The highest BCUT2D eigenvalue weighted by molar-refractivity contribution is 6.06. The molecular formula is C22H18N2O4. The normalized spacial score (nSPS) is 17.0. The predicted octanol–water partition coefficient (Wildman–Crippen LogP) is 4.23. The Morgan fingerprint density at radius 2 is 1.96 bits per heavy atom. The number of ether oxygens (including phenoxy) is 2.